The second-order valence-electron chi connectivity index (χ2n) is 9.91. The molecule has 0 unspecified atom stereocenters. The second kappa shape index (κ2) is 10.8. The van der Waals surface area contributed by atoms with Crippen LogP contribution >= 0.6 is 0 Å². The number of methoxy groups -OCH3 is 1. The SMILES string of the molecule is CNC(=O)c1c(-c2ccc(F)cc2)oc2nc(CCC(F)(F)F)c(-c3ccc(OC)c(C(=O)NC4(C#N)CC4)c3)cc12. The third-order valence-corrected chi connectivity index (χ3v) is 7.04. The van der Waals surface area contributed by atoms with Crippen molar-refractivity contribution in [3.05, 3.63) is 71.2 Å². The average Bonchev–Trinajstić information content (AvgIpc) is 3.65. The molecule has 0 radical (unpaired) electrons. The van der Waals surface area contributed by atoms with Gasteiger partial charge in [-0.2, -0.15) is 18.4 Å². The molecule has 2 amide bonds. The van der Waals surface area contributed by atoms with Crippen molar-refractivity contribution in [2.45, 2.75) is 37.4 Å². The zero-order valence-electron chi connectivity index (χ0n) is 22.5. The Morgan fingerprint density at radius 3 is 2.38 bits per heavy atom. The summed E-state index contributed by atoms with van der Waals surface area (Å²) in [5.41, 5.74) is 0.0480. The highest BCUT2D eigenvalue weighted by Crippen LogP contribution is 2.39. The molecule has 42 heavy (non-hydrogen) atoms. The monoisotopic (exact) mass is 580 g/mol. The molecule has 0 atom stereocenters. The Morgan fingerprint density at radius 2 is 1.79 bits per heavy atom. The molecule has 0 spiro atoms. The van der Waals surface area contributed by atoms with Gasteiger partial charge in [-0.15, -0.1) is 0 Å². The largest absolute Gasteiger partial charge is 0.496 e. The van der Waals surface area contributed by atoms with Crippen LogP contribution in [-0.4, -0.2) is 42.7 Å². The van der Waals surface area contributed by atoms with Gasteiger partial charge >= 0.3 is 6.18 Å². The highest BCUT2D eigenvalue weighted by Gasteiger charge is 2.45. The normalized spacial score (nSPS) is 13.8. The Morgan fingerprint density at radius 1 is 1.10 bits per heavy atom. The maximum Gasteiger partial charge on any atom is 0.389 e. The van der Waals surface area contributed by atoms with Crippen molar-refractivity contribution in [2.24, 2.45) is 0 Å². The first kappa shape index (κ1) is 28.6. The maximum atomic E-state index is 13.6. The van der Waals surface area contributed by atoms with E-state index in [0.29, 0.717) is 24.0 Å². The number of carbonyl (C=O) groups excluding carboxylic acids is 2. The number of rotatable bonds is 8. The number of hydrogen-bond acceptors (Lipinski definition) is 6. The molecule has 2 heterocycles. The van der Waals surface area contributed by atoms with Gasteiger partial charge < -0.3 is 19.8 Å². The minimum Gasteiger partial charge on any atom is -0.496 e. The Hall–Kier alpha value is -4.92. The van der Waals surface area contributed by atoms with Crippen LogP contribution in [0.3, 0.4) is 0 Å². The third kappa shape index (κ3) is 5.63. The van der Waals surface area contributed by atoms with Gasteiger partial charge in [-0.3, -0.25) is 9.59 Å². The van der Waals surface area contributed by atoms with Gasteiger partial charge in [0, 0.05) is 24.6 Å². The molecule has 2 aromatic heterocycles. The second-order valence-corrected chi connectivity index (χ2v) is 9.91. The molecule has 1 fully saturated rings. The van der Waals surface area contributed by atoms with Gasteiger partial charge in [0.1, 0.15) is 22.9 Å². The van der Waals surface area contributed by atoms with E-state index in [-0.39, 0.29) is 45.0 Å². The van der Waals surface area contributed by atoms with E-state index >= 15 is 0 Å². The number of alkyl halides is 3. The summed E-state index contributed by atoms with van der Waals surface area (Å²) >= 11 is 0. The number of fused-ring (bicyclic) bond motifs is 1. The molecule has 2 aromatic carbocycles. The molecule has 0 aliphatic heterocycles. The lowest BCUT2D eigenvalue weighted by molar-refractivity contribution is -0.134. The minimum atomic E-state index is -4.48. The van der Waals surface area contributed by atoms with Crippen molar-refractivity contribution in [3.8, 4) is 34.3 Å². The minimum absolute atomic E-state index is 0.0231. The van der Waals surface area contributed by atoms with Crippen LogP contribution in [0.2, 0.25) is 0 Å². The first-order valence-electron chi connectivity index (χ1n) is 12.9. The summed E-state index contributed by atoms with van der Waals surface area (Å²) in [7, 11) is 2.77. The van der Waals surface area contributed by atoms with Crippen LogP contribution < -0.4 is 15.4 Å². The lowest BCUT2D eigenvalue weighted by Crippen LogP contribution is -2.35. The van der Waals surface area contributed by atoms with Crippen LogP contribution in [0.15, 0.2) is 52.9 Å². The van der Waals surface area contributed by atoms with Crippen molar-refractivity contribution >= 4 is 22.9 Å². The fraction of sp³-hybridized carbons (Fsp3) is 0.267. The summed E-state index contributed by atoms with van der Waals surface area (Å²) in [5.74, 6) is -1.37. The van der Waals surface area contributed by atoms with Crippen LogP contribution in [0.4, 0.5) is 17.6 Å². The average molecular weight is 581 g/mol. The van der Waals surface area contributed by atoms with Crippen LogP contribution in [0, 0.1) is 17.1 Å². The molecule has 216 valence electrons. The summed E-state index contributed by atoms with van der Waals surface area (Å²) in [4.78, 5) is 30.6. The zero-order chi connectivity index (χ0) is 30.2. The molecule has 0 bridgehead atoms. The fourth-order valence-electron chi connectivity index (χ4n) is 4.64. The zero-order valence-corrected chi connectivity index (χ0v) is 22.5. The van der Waals surface area contributed by atoms with Crippen LogP contribution in [-0.2, 0) is 6.42 Å². The number of nitriles is 1. The van der Waals surface area contributed by atoms with Gasteiger partial charge in [0.25, 0.3) is 11.8 Å². The van der Waals surface area contributed by atoms with E-state index in [1.54, 1.807) is 6.07 Å². The number of aryl methyl sites for hydroxylation is 1. The number of ether oxygens (including phenoxy) is 1. The lowest BCUT2D eigenvalue weighted by atomic mass is 9.96. The predicted molar refractivity (Wildman–Crippen MR) is 144 cm³/mol. The van der Waals surface area contributed by atoms with Crippen LogP contribution in [0.5, 0.6) is 5.75 Å². The number of pyridine rings is 1. The summed E-state index contributed by atoms with van der Waals surface area (Å²) in [5, 5.41) is 14.8. The molecule has 8 nitrogen and oxygen atoms in total. The number of nitrogens with one attached hydrogen (secondary N) is 2. The fourth-order valence-corrected chi connectivity index (χ4v) is 4.64. The molecule has 0 saturated heterocycles. The van der Waals surface area contributed by atoms with E-state index in [1.807, 2.05) is 0 Å². The third-order valence-electron chi connectivity index (χ3n) is 7.04. The first-order chi connectivity index (χ1) is 20.0. The maximum absolute atomic E-state index is 13.6. The van der Waals surface area contributed by atoms with Gasteiger partial charge in [-0.05, 0) is 67.3 Å². The molecule has 1 aliphatic carbocycles. The topological polar surface area (TPSA) is 117 Å². The Balaban J connectivity index is 1.70. The molecule has 12 heteroatoms. The number of amides is 2. The van der Waals surface area contributed by atoms with Gasteiger partial charge in [-0.25, -0.2) is 9.37 Å². The molecule has 1 aliphatic rings. The standard InChI is InChI=1S/C30H24F4N4O4/c1-36-27(40)24-21-14-19(17-5-8-23(41-2)20(13-17)26(39)38-29(15-35)11-12-29)22(9-10-30(32,33)34)37-28(21)42-25(24)16-3-6-18(31)7-4-16/h3-8,13-14H,9-12H2,1-2H3,(H,36,40)(H,38,39). The lowest BCUT2D eigenvalue weighted by Gasteiger charge is -2.15. The number of halogens is 4. The smallest absolute Gasteiger partial charge is 0.389 e. The molecular formula is C30H24F4N4O4. The van der Waals surface area contributed by atoms with Crippen molar-refractivity contribution in [1.29, 1.82) is 5.26 Å². The number of furan rings is 1. The van der Waals surface area contributed by atoms with Gasteiger partial charge in [0.05, 0.1) is 35.4 Å². The van der Waals surface area contributed by atoms with Gasteiger partial charge in [0.2, 0.25) is 5.71 Å². The molecule has 2 N–H and O–H groups in total. The number of aromatic nitrogens is 1. The Kier molecular flexibility index (Phi) is 7.36. The molecular weight excluding hydrogens is 556 g/mol. The Labute approximate surface area is 237 Å². The van der Waals surface area contributed by atoms with Crippen molar-refractivity contribution in [3.63, 3.8) is 0 Å². The van der Waals surface area contributed by atoms with E-state index in [4.69, 9.17) is 9.15 Å². The van der Waals surface area contributed by atoms with E-state index < -0.39 is 42.2 Å². The molecule has 4 aromatic rings. The van der Waals surface area contributed by atoms with Crippen molar-refractivity contribution in [1.82, 2.24) is 15.6 Å². The summed E-state index contributed by atoms with van der Waals surface area (Å²) < 4.78 is 64.7. The van der Waals surface area contributed by atoms with Crippen LogP contribution in [0.25, 0.3) is 33.6 Å². The van der Waals surface area contributed by atoms with Crippen LogP contribution in [0.1, 0.15) is 45.7 Å². The van der Waals surface area contributed by atoms with E-state index in [1.165, 1.54) is 56.6 Å². The molecule has 1 saturated carbocycles. The number of benzene rings is 2. The number of hydrogen-bond donors (Lipinski definition) is 2. The predicted octanol–water partition coefficient (Wildman–Crippen LogP) is 5.95. The van der Waals surface area contributed by atoms with E-state index in [9.17, 15) is 32.4 Å². The summed E-state index contributed by atoms with van der Waals surface area (Å²) in [6, 6.07) is 13.3. The van der Waals surface area contributed by atoms with Crippen molar-refractivity contribution < 1.29 is 36.3 Å². The highest BCUT2D eigenvalue weighted by molar-refractivity contribution is 6.11. The summed E-state index contributed by atoms with van der Waals surface area (Å²) in [6.07, 6.45) is -5.18. The quantitative estimate of drug-likeness (QED) is 0.249. The number of carbonyl (C=O) groups is 2. The first-order valence-corrected chi connectivity index (χ1v) is 12.9. The Bertz CT molecular complexity index is 1740. The van der Waals surface area contributed by atoms with Crippen molar-refractivity contribution in [2.75, 3.05) is 14.2 Å². The van der Waals surface area contributed by atoms with Gasteiger partial charge in [-0.1, -0.05) is 6.07 Å². The highest BCUT2D eigenvalue weighted by atomic mass is 19.4. The van der Waals surface area contributed by atoms with E-state index in [0.717, 1.165) is 0 Å². The molecule has 5 rings (SSSR count). The summed E-state index contributed by atoms with van der Waals surface area (Å²) in [6.45, 7) is 0. The number of nitrogens with zero attached hydrogens (tertiary/aromatic N) is 2. The van der Waals surface area contributed by atoms with E-state index in [2.05, 4.69) is 21.7 Å². The van der Waals surface area contributed by atoms with Gasteiger partial charge in [0.15, 0.2) is 0 Å².